The number of nitrogens with zero attached hydrogens (tertiary/aromatic N) is 3. The fourth-order valence-electron chi connectivity index (χ4n) is 4.99. The van der Waals surface area contributed by atoms with Crippen molar-refractivity contribution in [3.05, 3.63) is 46.4 Å². The van der Waals surface area contributed by atoms with Gasteiger partial charge in [0.2, 0.25) is 0 Å². The molecule has 0 bridgehead atoms. The Morgan fingerprint density at radius 2 is 1.98 bits per heavy atom. The lowest BCUT2D eigenvalue weighted by molar-refractivity contribution is -0.160. The van der Waals surface area contributed by atoms with Crippen LogP contribution >= 0.6 is 0 Å². The second-order valence-electron chi connectivity index (χ2n) is 11.6. The molecule has 218 valence electrons. The first-order chi connectivity index (χ1) is 18.9. The molecule has 1 fully saturated rings. The third-order valence-electron chi connectivity index (χ3n) is 7.00. The van der Waals surface area contributed by atoms with Crippen LogP contribution in [-0.2, 0) is 27.9 Å². The van der Waals surface area contributed by atoms with E-state index in [2.05, 4.69) is 9.88 Å². The second-order valence-corrected chi connectivity index (χ2v) is 11.6. The van der Waals surface area contributed by atoms with Gasteiger partial charge in [-0.15, -0.1) is 0 Å². The van der Waals surface area contributed by atoms with E-state index in [1.54, 1.807) is 39.3 Å². The number of rotatable bonds is 10. The van der Waals surface area contributed by atoms with Gasteiger partial charge in [0.05, 0.1) is 17.1 Å². The van der Waals surface area contributed by atoms with Crippen LogP contribution in [0.5, 0.6) is 5.75 Å². The van der Waals surface area contributed by atoms with Crippen LogP contribution in [-0.4, -0.2) is 69.3 Å². The number of hydrogen-bond acceptors (Lipinski definition) is 8. The Morgan fingerprint density at radius 1 is 1.25 bits per heavy atom. The third-order valence-corrected chi connectivity index (χ3v) is 7.00. The van der Waals surface area contributed by atoms with Gasteiger partial charge in [0.15, 0.2) is 0 Å². The van der Waals surface area contributed by atoms with E-state index in [0.29, 0.717) is 23.8 Å². The third kappa shape index (κ3) is 7.30. The molecule has 3 heterocycles. The number of carbonyl (C=O) groups is 1. The zero-order chi connectivity index (χ0) is 29.0. The molecule has 0 saturated carbocycles. The maximum absolute atomic E-state index is 12.4. The van der Waals surface area contributed by atoms with Crippen LogP contribution in [0.4, 0.5) is 0 Å². The number of imidazole rings is 1. The number of aliphatic hydroxyl groups excluding tert-OH is 1. The maximum Gasteiger partial charge on any atom is 0.326 e. The van der Waals surface area contributed by atoms with E-state index in [1.807, 2.05) is 37.4 Å². The standard InChI is InChI=1S/C30H42N4O6/c1-19-15-22(18-33(6)28(19)36)27-32-24-16-23(7-8-25(24)34(27)17-21-9-12-38-13-10-21)39-14-11-31-26(20(2)35)29(37)40-30(3,4)5/h7-8,15-16,18,20-21,26,31,35H,9-14,17H2,1-6H3/t20-,26-/m1/s1. The van der Waals surface area contributed by atoms with Crippen molar-refractivity contribution < 1.29 is 24.1 Å². The van der Waals surface area contributed by atoms with Crippen LogP contribution in [0.2, 0.25) is 0 Å². The fraction of sp³-hybridized carbons (Fsp3) is 0.567. The number of aromatic nitrogens is 3. The first kappa shape index (κ1) is 29.8. The van der Waals surface area contributed by atoms with E-state index >= 15 is 0 Å². The van der Waals surface area contributed by atoms with Crippen molar-refractivity contribution in [1.29, 1.82) is 0 Å². The molecule has 4 rings (SSSR count). The lowest BCUT2D eigenvalue weighted by Gasteiger charge is -2.26. The Bertz CT molecular complexity index is 1360. The molecule has 0 unspecified atom stereocenters. The first-order valence-corrected chi connectivity index (χ1v) is 14.0. The largest absolute Gasteiger partial charge is 0.492 e. The molecule has 0 amide bonds. The van der Waals surface area contributed by atoms with E-state index in [1.165, 1.54) is 0 Å². The highest BCUT2D eigenvalue weighted by atomic mass is 16.6. The van der Waals surface area contributed by atoms with Gasteiger partial charge < -0.3 is 28.5 Å². The molecule has 1 aliphatic rings. The van der Waals surface area contributed by atoms with Crippen molar-refractivity contribution in [3.63, 3.8) is 0 Å². The second kappa shape index (κ2) is 12.5. The van der Waals surface area contributed by atoms with Crippen molar-refractivity contribution in [3.8, 4) is 17.1 Å². The summed E-state index contributed by atoms with van der Waals surface area (Å²) in [7, 11) is 1.76. The van der Waals surface area contributed by atoms with Gasteiger partial charge in [-0.1, -0.05) is 0 Å². The predicted octanol–water partition coefficient (Wildman–Crippen LogP) is 3.20. The SMILES string of the molecule is Cc1cc(-c2nc3cc(OCCN[C@@H](C(=O)OC(C)(C)C)[C@@H](C)O)ccc3n2CC2CCOCC2)cn(C)c1=O. The summed E-state index contributed by atoms with van der Waals surface area (Å²) in [5, 5.41) is 13.1. The van der Waals surface area contributed by atoms with Gasteiger partial charge in [-0.05, 0) is 71.6 Å². The topological polar surface area (TPSA) is 117 Å². The molecule has 2 aromatic heterocycles. The van der Waals surface area contributed by atoms with Crippen LogP contribution in [0, 0.1) is 12.8 Å². The van der Waals surface area contributed by atoms with E-state index in [9.17, 15) is 14.7 Å². The predicted molar refractivity (Wildman–Crippen MR) is 154 cm³/mol. The van der Waals surface area contributed by atoms with E-state index in [-0.39, 0.29) is 12.2 Å². The summed E-state index contributed by atoms with van der Waals surface area (Å²) >= 11 is 0. The number of benzene rings is 1. The highest BCUT2D eigenvalue weighted by Gasteiger charge is 2.28. The number of aryl methyl sites for hydroxylation is 2. The number of fused-ring (bicyclic) bond motifs is 1. The maximum atomic E-state index is 12.4. The number of hydrogen-bond donors (Lipinski definition) is 2. The minimum absolute atomic E-state index is 0.0235. The van der Waals surface area contributed by atoms with Crippen molar-refractivity contribution in [2.75, 3.05) is 26.4 Å². The molecular formula is C30H42N4O6. The highest BCUT2D eigenvalue weighted by Crippen LogP contribution is 2.30. The van der Waals surface area contributed by atoms with Crippen LogP contribution in [0.3, 0.4) is 0 Å². The van der Waals surface area contributed by atoms with Crippen molar-refractivity contribution in [2.45, 2.75) is 71.8 Å². The molecule has 10 heteroatoms. The summed E-state index contributed by atoms with van der Waals surface area (Å²) in [6, 6.07) is 6.89. The molecule has 0 spiro atoms. The highest BCUT2D eigenvalue weighted by molar-refractivity contribution is 5.82. The number of esters is 1. The molecule has 10 nitrogen and oxygen atoms in total. The number of nitrogens with one attached hydrogen (secondary N) is 1. The van der Waals surface area contributed by atoms with Gasteiger partial charge in [0, 0.05) is 56.7 Å². The Hall–Kier alpha value is -3.21. The first-order valence-electron chi connectivity index (χ1n) is 14.0. The Balaban J connectivity index is 1.53. The molecule has 40 heavy (non-hydrogen) atoms. The van der Waals surface area contributed by atoms with Crippen LogP contribution < -0.4 is 15.6 Å². The van der Waals surface area contributed by atoms with Crippen LogP contribution in [0.15, 0.2) is 35.3 Å². The van der Waals surface area contributed by atoms with Crippen molar-refractivity contribution >= 4 is 17.0 Å². The van der Waals surface area contributed by atoms with Crippen LogP contribution in [0.25, 0.3) is 22.4 Å². The van der Waals surface area contributed by atoms with Gasteiger partial charge in [-0.25, -0.2) is 4.98 Å². The number of ether oxygens (including phenoxy) is 3. The van der Waals surface area contributed by atoms with Crippen molar-refractivity contribution in [1.82, 2.24) is 19.4 Å². The lowest BCUT2D eigenvalue weighted by atomic mass is 10.00. The lowest BCUT2D eigenvalue weighted by Crippen LogP contribution is -2.48. The molecule has 3 aromatic rings. The molecule has 1 saturated heterocycles. The smallest absolute Gasteiger partial charge is 0.326 e. The Kier molecular flexibility index (Phi) is 9.33. The van der Waals surface area contributed by atoms with Gasteiger partial charge in [-0.3, -0.25) is 14.9 Å². The van der Waals surface area contributed by atoms with E-state index < -0.39 is 23.7 Å². The summed E-state index contributed by atoms with van der Waals surface area (Å²) in [6.07, 6.45) is 2.92. The summed E-state index contributed by atoms with van der Waals surface area (Å²) in [6.45, 7) is 11.7. The molecule has 0 aliphatic carbocycles. The molecular weight excluding hydrogens is 512 g/mol. The average molecular weight is 555 g/mol. The molecule has 1 aromatic carbocycles. The molecule has 0 radical (unpaired) electrons. The molecule has 2 atom stereocenters. The normalized spacial score (nSPS) is 16.2. The minimum Gasteiger partial charge on any atom is -0.492 e. The zero-order valence-corrected chi connectivity index (χ0v) is 24.4. The average Bonchev–Trinajstić information content (AvgIpc) is 3.23. The van der Waals surface area contributed by atoms with Crippen molar-refractivity contribution in [2.24, 2.45) is 13.0 Å². The zero-order valence-electron chi connectivity index (χ0n) is 24.4. The summed E-state index contributed by atoms with van der Waals surface area (Å²) in [5.41, 5.74) is 2.69. The Labute approximate surface area is 235 Å². The monoisotopic (exact) mass is 554 g/mol. The van der Waals surface area contributed by atoms with E-state index in [4.69, 9.17) is 19.2 Å². The van der Waals surface area contributed by atoms with Crippen LogP contribution in [0.1, 0.15) is 46.1 Å². The molecule has 1 aliphatic heterocycles. The van der Waals surface area contributed by atoms with Gasteiger partial charge in [0.25, 0.3) is 5.56 Å². The minimum atomic E-state index is -0.912. The van der Waals surface area contributed by atoms with Gasteiger partial charge in [-0.2, -0.15) is 0 Å². The fourth-order valence-corrected chi connectivity index (χ4v) is 4.99. The summed E-state index contributed by atoms with van der Waals surface area (Å²) in [4.78, 5) is 29.8. The Morgan fingerprint density at radius 3 is 2.62 bits per heavy atom. The van der Waals surface area contributed by atoms with Gasteiger partial charge in [0.1, 0.15) is 29.8 Å². The molecule has 2 N–H and O–H groups in total. The van der Waals surface area contributed by atoms with E-state index in [0.717, 1.165) is 55.0 Å². The quantitative estimate of drug-likeness (QED) is 0.290. The summed E-state index contributed by atoms with van der Waals surface area (Å²) in [5.74, 6) is 1.45. The van der Waals surface area contributed by atoms with Gasteiger partial charge >= 0.3 is 5.97 Å². The number of aliphatic hydroxyl groups is 1. The number of carbonyl (C=O) groups excluding carboxylic acids is 1. The number of pyridine rings is 1. The summed E-state index contributed by atoms with van der Waals surface area (Å²) < 4.78 is 20.8.